The average Bonchev–Trinajstić information content (AvgIpc) is 2.61. The quantitative estimate of drug-likeness (QED) is 0.743. The first-order valence-corrected chi connectivity index (χ1v) is 9.71. The van der Waals surface area contributed by atoms with Crippen molar-refractivity contribution in [1.82, 2.24) is 0 Å². The number of amides is 1. The summed E-state index contributed by atoms with van der Waals surface area (Å²) < 4.78 is 0. The Morgan fingerprint density at radius 3 is 2.24 bits per heavy atom. The van der Waals surface area contributed by atoms with Gasteiger partial charge in [0, 0.05) is 5.56 Å². The van der Waals surface area contributed by atoms with Crippen molar-refractivity contribution in [1.29, 1.82) is 0 Å². The SMILES string of the molecule is NC(=O)c1cccc(-c2ccc(CCC3CCCCCCC3)cc2)c1. The Kier molecular flexibility index (Phi) is 6.27. The Morgan fingerprint density at radius 1 is 0.880 bits per heavy atom. The van der Waals surface area contributed by atoms with Crippen LogP contribution in [0.4, 0.5) is 0 Å². The van der Waals surface area contributed by atoms with E-state index in [2.05, 4.69) is 24.3 Å². The molecule has 0 unspecified atom stereocenters. The van der Waals surface area contributed by atoms with Gasteiger partial charge in [0.25, 0.3) is 0 Å². The van der Waals surface area contributed by atoms with Crippen LogP contribution in [-0.2, 0) is 6.42 Å². The van der Waals surface area contributed by atoms with Crippen LogP contribution in [0.5, 0.6) is 0 Å². The van der Waals surface area contributed by atoms with Crippen molar-refractivity contribution in [3.63, 3.8) is 0 Å². The molecule has 0 aromatic heterocycles. The molecule has 2 aromatic rings. The van der Waals surface area contributed by atoms with E-state index < -0.39 is 0 Å². The monoisotopic (exact) mass is 335 g/mol. The molecule has 3 rings (SSSR count). The summed E-state index contributed by atoms with van der Waals surface area (Å²) in [6, 6.07) is 16.3. The van der Waals surface area contributed by atoms with Crippen LogP contribution in [0.15, 0.2) is 48.5 Å². The van der Waals surface area contributed by atoms with Crippen LogP contribution in [0.3, 0.4) is 0 Å². The highest BCUT2D eigenvalue weighted by Gasteiger charge is 2.11. The fraction of sp³-hybridized carbons (Fsp3) is 0.435. The van der Waals surface area contributed by atoms with Crippen molar-refractivity contribution >= 4 is 5.91 Å². The van der Waals surface area contributed by atoms with E-state index in [9.17, 15) is 4.79 Å². The minimum atomic E-state index is -0.377. The lowest BCUT2D eigenvalue weighted by Gasteiger charge is -2.19. The molecule has 0 heterocycles. The second-order valence-electron chi connectivity index (χ2n) is 7.39. The Bertz CT molecular complexity index is 681. The Labute approximate surface area is 151 Å². The van der Waals surface area contributed by atoms with Gasteiger partial charge in [0.05, 0.1) is 0 Å². The van der Waals surface area contributed by atoms with E-state index in [0.29, 0.717) is 5.56 Å². The van der Waals surface area contributed by atoms with E-state index >= 15 is 0 Å². The summed E-state index contributed by atoms with van der Waals surface area (Å²) in [5, 5.41) is 0. The fourth-order valence-electron chi connectivity index (χ4n) is 3.92. The zero-order valence-corrected chi connectivity index (χ0v) is 15.0. The highest BCUT2D eigenvalue weighted by atomic mass is 16.1. The Hall–Kier alpha value is -2.09. The lowest BCUT2D eigenvalue weighted by Crippen LogP contribution is -2.10. The third-order valence-corrected chi connectivity index (χ3v) is 5.50. The van der Waals surface area contributed by atoms with Crippen molar-refractivity contribution in [2.75, 3.05) is 0 Å². The maximum absolute atomic E-state index is 11.3. The molecule has 1 fully saturated rings. The predicted molar refractivity (Wildman–Crippen MR) is 105 cm³/mol. The molecular formula is C23H29NO. The molecule has 2 N–H and O–H groups in total. The normalized spacial score (nSPS) is 16.2. The summed E-state index contributed by atoms with van der Waals surface area (Å²) >= 11 is 0. The summed E-state index contributed by atoms with van der Waals surface area (Å²) in [6.07, 6.45) is 12.4. The largest absolute Gasteiger partial charge is 0.366 e. The molecule has 0 bridgehead atoms. The highest BCUT2D eigenvalue weighted by Crippen LogP contribution is 2.27. The third kappa shape index (κ3) is 5.19. The Balaban J connectivity index is 1.60. The highest BCUT2D eigenvalue weighted by molar-refractivity contribution is 5.94. The summed E-state index contributed by atoms with van der Waals surface area (Å²) in [5.41, 5.74) is 9.53. The van der Waals surface area contributed by atoms with Crippen molar-refractivity contribution in [3.8, 4) is 11.1 Å². The van der Waals surface area contributed by atoms with Crippen LogP contribution in [0.1, 0.15) is 67.3 Å². The molecule has 0 radical (unpaired) electrons. The number of carbonyl (C=O) groups is 1. The van der Waals surface area contributed by atoms with Gasteiger partial charge in [-0.3, -0.25) is 4.79 Å². The summed E-state index contributed by atoms with van der Waals surface area (Å²) in [6.45, 7) is 0. The number of carbonyl (C=O) groups excluding carboxylic acids is 1. The second kappa shape index (κ2) is 8.84. The van der Waals surface area contributed by atoms with Crippen molar-refractivity contribution < 1.29 is 4.79 Å². The van der Waals surface area contributed by atoms with Gasteiger partial charge in [-0.25, -0.2) is 0 Å². The van der Waals surface area contributed by atoms with E-state index in [1.807, 2.05) is 18.2 Å². The van der Waals surface area contributed by atoms with E-state index in [-0.39, 0.29) is 5.91 Å². The van der Waals surface area contributed by atoms with Crippen molar-refractivity contribution in [3.05, 3.63) is 59.7 Å². The Morgan fingerprint density at radius 2 is 1.56 bits per heavy atom. The lowest BCUT2D eigenvalue weighted by molar-refractivity contribution is 0.100. The van der Waals surface area contributed by atoms with Gasteiger partial charge in [-0.05, 0) is 47.6 Å². The minimum Gasteiger partial charge on any atom is -0.366 e. The maximum atomic E-state index is 11.3. The molecule has 2 heteroatoms. The van der Waals surface area contributed by atoms with Crippen LogP contribution in [-0.4, -0.2) is 5.91 Å². The standard InChI is InChI=1S/C23H29NO/c24-23(25)22-10-6-9-21(17-22)20-15-13-19(14-16-20)12-11-18-7-4-2-1-3-5-8-18/h6,9-10,13-18H,1-5,7-8,11-12H2,(H2,24,25). The molecule has 0 atom stereocenters. The van der Waals surface area contributed by atoms with Gasteiger partial charge in [-0.1, -0.05) is 81.3 Å². The van der Waals surface area contributed by atoms with Gasteiger partial charge < -0.3 is 5.73 Å². The van der Waals surface area contributed by atoms with Gasteiger partial charge in [-0.15, -0.1) is 0 Å². The number of primary amides is 1. The molecule has 0 aliphatic heterocycles. The van der Waals surface area contributed by atoms with Crippen LogP contribution < -0.4 is 5.73 Å². The number of rotatable bonds is 5. The molecule has 1 saturated carbocycles. The lowest BCUT2D eigenvalue weighted by atomic mass is 9.87. The number of hydrogen-bond donors (Lipinski definition) is 1. The van der Waals surface area contributed by atoms with Crippen LogP contribution in [0.2, 0.25) is 0 Å². The predicted octanol–water partition coefficient (Wildman–Crippen LogP) is 5.75. The van der Waals surface area contributed by atoms with Gasteiger partial charge in [0.15, 0.2) is 0 Å². The number of aryl methyl sites for hydroxylation is 1. The minimum absolute atomic E-state index is 0.377. The molecule has 0 saturated heterocycles. The topological polar surface area (TPSA) is 43.1 Å². The fourth-order valence-corrected chi connectivity index (χ4v) is 3.92. The molecular weight excluding hydrogens is 306 g/mol. The van der Waals surface area contributed by atoms with E-state index in [4.69, 9.17) is 5.73 Å². The van der Waals surface area contributed by atoms with Gasteiger partial charge in [0.2, 0.25) is 5.91 Å². The zero-order valence-electron chi connectivity index (χ0n) is 15.0. The van der Waals surface area contributed by atoms with Crippen LogP contribution >= 0.6 is 0 Å². The molecule has 2 aromatic carbocycles. The van der Waals surface area contributed by atoms with Crippen LogP contribution in [0.25, 0.3) is 11.1 Å². The molecule has 2 nitrogen and oxygen atoms in total. The molecule has 1 aliphatic rings. The van der Waals surface area contributed by atoms with E-state index in [0.717, 1.165) is 17.0 Å². The molecule has 1 amide bonds. The van der Waals surface area contributed by atoms with Crippen LogP contribution in [0, 0.1) is 5.92 Å². The summed E-state index contributed by atoms with van der Waals surface area (Å²) in [4.78, 5) is 11.3. The maximum Gasteiger partial charge on any atom is 0.248 e. The molecule has 25 heavy (non-hydrogen) atoms. The second-order valence-corrected chi connectivity index (χ2v) is 7.39. The smallest absolute Gasteiger partial charge is 0.248 e. The average molecular weight is 335 g/mol. The van der Waals surface area contributed by atoms with Crippen molar-refractivity contribution in [2.45, 2.75) is 57.8 Å². The van der Waals surface area contributed by atoms with Gasteiger partial charge in [0.1, 0.15) is 0 Å². The van der Waals surface area contributed by atoms with Gasteiger partial charge >= 0.3 is 0 Å². The first-order valence-electron chi connectivity index (χ1n) is 9.71. The number of nitrogens with two attached hydrogens (primary N) is 1. The summed E-state index contributed by atoms with van der Waals surface area (Å²) in [5.74, 6) is 0.532. The molecule has 1 aliphatic carbocycles. The first-order chi connectivity index (χ1) is 12.2. The van der Waals surface area contributed by atoms with Crippen molar-refractivity contribution in [2.24, 2.45) is 11.7 Å². The number of benzene rings is 2. The van der Waals surface area contributed by atoms with Gasteiger partial charge in [-0.2, -0.15) is 0 Å². The number of hydrogen-bond acceptors (Lipinski definition) is 1. The van der Waals surface area contributed by atoms with E-state index in [1.54, 1.807) is 6.07 Å². The molecule has 0 spiro atoms. The summed E-state index contributed by atoms with van der Waals surface area (Å²) in [7, 11) is 0. The third-order valence-electron chi connectivity index (χ3n) is 5.50. The first kappa shape index (κ1) is 17.7. The zero-order chi connectivity index (χ0) is 17.5. The van der Waals surface area contributed by atoms with E-state index in [1.165, 1.54) is 63.4 Å². The molecule has 132 valence electrons.